The van der Waals surface area contributed by atoms with Gasteiger partial charge < -0.3 is 0 Å². The van der Waals surface area contributed by atoms with Crippen LogP contribution in [-0.4, -0.2) is 38.0 Å². The molecule has 1 fully saturated rings. The molecule has 1 aliphatic rings. The van der Waals surface area contributed by atoms with E-state index >= 15 is 0 Å². The zero-order valence-corrected chi connectivity index (χ0v) is 51.3. The van der Waals surface area contributed by atoms with Gasteiger partial charge in [0.25, 0.3) is 0 Å². The highest BCUT2D eigenvalue weighted by Crippen LogP contribution is 2.65. The van der Waals surface area contributed by atoms with Crippen LogP contribution in [0.2, 0.25) is 75.5 Å². The second-order valence-electron chi connectivity index (χ2n) is 23.3. The quantitative estimate of drug-likeness (QED) is 0.0422. The highest BCUT2D eigenvalue weighted by molar-refractivity contribution is 7.96. The second kappa shape index (κ2) is 26.9. The van der Waals surface area contributed by atoms with Crippen LogP contribution in [0.15, 0.2) is 97.1 Å². The molecule has 1 saturated carbocycles. The first-order chi connectivity index (χ1) is 32.2. The molecule has 4 aromatic carbocycles. The minimum absolute atomic E-state index is 0.616. The summed E-state index contributed by atoms with van der Waals surface area (Å²) in [5.74, 6) is 0. The lowest BCUT2D eigenvalue weighted by atomic mass is 10.0. The first-order valence-corrected chi connectivity index (χ1v) is 43.5. The summed E-state index contributed by atoms with van der Waals surface area (Å²) in [7, 11) is -9.96. The largest absolute Gasteiger partial charge is 0.154 e. The molecule has 0 aliphatic heterocycles. The molecule has 67 heavy (non-hydrogen) atoms. The fourth-order valence-electron chi connectivity index (χ4n) is 12.0. The summed E-state index contributed by atoms with van der Waals surface area (Å²) >= 11 is 0. The fraction of sp³-hybridized carbons (Fsp3) is 0.600. The Morgan fingerprint density at radius 2 is 0.746 bits per heavy atom. The Kier molecular flexibility index (Phi) is 22.6. The van der Waals surface area contributed by atoms with Gasteiger partial charge >= 0.3 is 0 Å². The molecule has 0 saturated heterocycles. The molecule has 7 heteroatoms. The Hall–Kier alpha value is -1.43. The van der Waals surface area contributed by atoms with E-state index < -0.39 is 47.8 Å². The van der Waals surface area contributed by atoms with Gasteiger partial charge in [-0.3, -0.25) is 0 Å². The minimum Gasteiger partial charge on any atom is -0.154 e. The molecule has 0 aromatic heterocycles. The Balaban J connectivity index is 1.89. The van der Waals surface area contributed by atoms with E-state index in [1.165, 1.54) is 145 Å². The molecule has 0 atom stereocenters. The summed E-state index contributed by atoms with van der Waals surface area (Å²) < 4.78 is 0. The molecule has 0 amide bonds. The van der Waals surface area contributed by atoms with Crippen molar-refractivity contribution in [2.75, 3.05) is 0 Å². The van der Waals surface area contributed by atoms with E-state index in [0.717, 1.165) is 0 Å². The smallest absolute Gasteiger partial charge is 0.153 e. The maximum atomic E-state index is 5.09. The molecule has 5 rings (SSSR count). The van der Waals surface area contributed by atoms with Crippen LogP contribution in [-0.2, 0) is 0 Å². The molecule has 0 bridgehead atoms. The molecule has 0 heterocycles. The maximum absolute atomic E-state index is 5.09. The van der Waals surface area contributed by atoms with E-state index in [-0.39, 0.29) is 0 Å². The van der Waals surface area contributed by atoms with E-state index in [1.807, 2.05) is 0 Å². The third-order valence-corrected chi connectivity index (χ3v) is 39.3. The van der Waals surface area contributed by atoms with Gasteiger partial charge in [-0.1, -0.05) is 294 Å². The normalized spacial score (nSPS) is 14.6. The van der Waals surface area contributed by atoms with Gasteiger partial charge in [0.15, 0.2) is 7.41 Å². The van der Waals surface area contributed by atoms with Crippen LogP contribution in [0.3, 0.4) is 0 Å². The van der Waals surface area contributed by atoms with Crippen LogP contribution in [0.5, 0.6) is 0 Å². The summed E-state index contributed by atoms with van der Waals surface area (Å²) in [6.45, 7) is 30.0. The molecule has 0 radical (unpaired) electrons. The van der Waals surface area contributed by atoms with Gasteiger partial charge in [-0.15, -0.1) is 0 Å². The van der Waals surface area contributed by atoms with Crippen molar-refractivity contribution < 1.29 is 0 Å². The molecule has 1 aliphatic carbocycles. The molecule has 0 spiro atoms. The fourth-order valence-corrected chi connectivity index (χ4v) is 37.4. The van der Waals surface area contributed by atoms with Crippen molar-refractivity contribution in [1.82, 2.24) is 4.86 Å². The third-order valence-electron chi connectivity index (χ3n) is 16.1. The summed E-state index contributed by atoms with van der Waals surface area (Å²) in [6.07, 6.45) is 22.8. The zero-order chi connectivity index (χ0) is 48.6. The topological polar surface area (TPSA) is 12.0 Å². The molecule has 1 nitrogen and oxygen atoms in total. The average Bonchev–Trinajstić information content (AvgIpc) is 3.34. The highest BCUT2D eigenvalue weighted by Gasteiger charge is 2.54. The Labute approximate surface area is 421 Å². The first kappa shape index (κ1) is 56.5. The minimum atomic E-state index is -2.24. The standard InChI is InChI=1S/C60H100NP2Si4/c1-13-19-46-66(47-20-14-2,48-21-15-3)55-42-38-53(39-43-55)63(52-32-26-25-27-33-52,54-40-44-56(45-41-54)67(49-22-16-4,50-23-17-5)51-24-18-6)61-62(57-34-28-30-36-59(57)64(7,8)9)58-35-29-31-37-60(58)65(10,11)12/h28-31,34-45,52,61H,13-27,32-33,46-51H2,1-12H3/q+1. The summed E-state index contributed by atoms with van der Waals surface area (Å²) in [5.41, 5.74) is 0.616. The van der Waals surface area contributed by atoms with Gasteiger partial charge in [0.2, 0.25) is 0 Å². The molecule has 0 unspecified atom stereocenters. The predicted octanol–water partition coefficient (Wildman–Crippen LogP) is 15.7. The van der Waals surface area contributed by atoms with Crippen molar-refractivity contribution >= 4 is 89.7 Å². The number of rotatable bonds is 29. The Morgan fingerprint density at radius 1 is 0.433 bits per heavy atom. The van der Waals surface area contributed by atoms with Crippen LogP contribution in [0, 0.1) is 0 Å². The summed E-state index contributed by atoms with van der Waals surface area (Å²) in [6, 6.07) is 50.4. The third kappa shape index (κ3) is 14.2. The molecule has 1 N–H and O–H groups in total. The van der Waals surface area contributed by atoms with Crippen molar-refractivity contribution in [3.8, 4) is 0 Å². The molecular formula is C60H100NP2Si4+. The number of benzene rings is 4. The monoisotopic (exact) mass is 1010 g/mol. The van der Waals surface area contributed by atoms with Gasteiger partial charge in [-0.2, -0.15) is 4.86 Å². The summed E-state index contributed by atoms with van der Waals surface area (Å²) in [4.78, 5) is 5.09. The van der Waals surface area contributed by atoms with E-state index in [4.69, 9.17) is 4.86 Å². The first-order valence-electron chi connectivity index (χ1n) is 28.1. The number of nitrogens with one attached hydrogen (secondary N) is 1. The SMILES string of the molecule is CCCC[Si](CCCC)(CCCC)c1ccc([P+](NP(c2ccccc2[Si](C)(C)C)c2ccccc2[Si](C)(C)C)(c2ccc([Si](CCCC)(CCCC)CCCC)cc2)C2CCCCC2)cc1. The van der Waals surface area contributed by atoms with Crippen LogP contribution in [0.25, 0.3) is 0 Å². The Bertz CT molecular complexity index is 1850. The second-order valence-corrected chi connectivity index (χ2v) is 48.3. The van der Waals surface area contributed by atoms with Gasteiger partial charge in [-0.25, -0.2) is 0 Å². The van der Waals surface area contributed by atoms with E-state index in [2.05, 4.69) is 178 Å². The predicted molar refractivity (Wildman–Crippen MR) is 323 cm³/mol. The zero-order valence-electron chi connectivity index (χ0n) is 45.5. The van der Waals surface area contributed by atoms with Gasteiger partial charge in [0, 0.05) is 0 Å². The van der Waals surface area contributed by atoms with Crippen molar-refractivity contribution in [2.45, 2.75) is 232 Å². The Morgan fingerprint density at radius 3 is 1.04 bits per heavy atom. The number of hydrogen-bond donors (Lipinski definition) is 1. The van der Waals surface area contributed by atoms with Gasteiger partial charge in [0.1, 0.15) is 10.6 Å². The lowest BCUT2D eigenvalue weighted by Gasteiger charge is -2.41. The van der Waals surface area contributed by atoms with Crippen molar-refractivity contribution in [2.24, 2.45) is 0 Å². The highest BCUT2D eigenvalue weighted by atomic mass is 31.2. The van der Waals surface area contributed by atoms with Crippen LogP contribution in [0.4, 0.5) is 0 Å². The van der Waals surface area contributed by atoms with Crippen molar-refractivity contribution in [3.63, 3.8) is 0 Å². The number of unbranched alkanes of at least 4 members (excludes halogenated alkanes) is 6. The van der Waals surface area contributed by atoms with Gasteiger partial charge in [-0.05, 0) is 60.6 Å². The lowest BCUT2D eigenvalue weighted by molar-refractivity contribution is 0.509. The average molecular weight is 1010 g/mol. The lowest BCUT2D eigenvalue weighted by Crippen LogP contribution is -2.53. The molecule has 4 aromatic rings. The van der Waals surface area contributed by atoms with E-state index in [9.17, 15) is 0 Å². The van der Waals surface area contributed by atoms with Crippen LogP contribution in [0.1, 0.15) is 151 Å². The van der Waals surface area contributed by atoms with Gasteiger partial charge in [0.05, 0.1) is 46.0 Å². The number of hydrogen-bond acceptors (Lipinski definition) is 1. The van der Waals surface area contributed by atoms with Crippen molar-refractivity contribution in [3.05, 3.63) is 97.1 Å². The van der Waals surface area contributed by atoms with Crippen LogP contribution < -0.4 is 46.8 Å². The van der Waals surface area contributed by atoms with E-state index in [0.29, 0.717) is 5.66 Å². The summed E-state index contributed by atoms with van der Waals surface area (Å²) in [5, 5.41) is 13.3. The maximum Gasteiger partial charge on any atom is 0.153 e. The van der Waals surface area contributed by atoms with Crippen LogP contribution >= 0.6 is 15.5 Å². The molecular weight excluding hydrogens is 909 g/mol. The van der Waals surface area contributed by atoms with Crippen molar-refractivity contribution in [1.29, 1.82) is 0 Å². The van der Waals surface area contributed by atoms with E-state index in [1.54, 1.807) is 42.0 Å². The molecule has 370 valence electrons.